The van der Waals surface area contributed by atoms with Gasteiger partial charge in [-0.15, -0.1) is 0 Å². The zero-order valence-electron chi connectivity index (χ0n) is 12.2. The molecule has 1 saturated heterocycles. The number of hydrogen-bond donors (Lipinski definition) is 1. The van der Waals surface area contributed by atoms with Crippen molar-refractivity contribution in [3.05, 3.63) is 30.1 Å². The van der Waals surface area contributed by atoms with Crippen LogP contribution in [-0.2, 0) is 14.8 Å². The first kappa shape index (κ1) is 16.4. The normalized spacial score (nSPS) is 20.4. The summed E-state index contributed by atoms with van der Waals surface area (Å²) in [5.74, 6) is -1.72. The van der Waals surface area contributed by atoms with Crippen molar-refractivity contribution in [3.8, 4) is 0 Å². The minimum absolute atomic E-state index is 0.0137. The van der Waals surface area contributed by atoms with Crippen molar-refractivity contribution in [3.63, 3.8) is 0 Å². The summed E-state index contributed by atoms with van der Waals surface area (Å²) in [6.45, 7) is 0.379. The van der Waals surface area contributed by atoms with Crippen LogP contribution in [0.2, 0.25) is 0 Å². The van der Waals surface area contributed by atoms with Gasteiger partial charge in [-0.1, -0.05) is 6.07 Å². The summed E-state index contributed by atoms with van der Waals surface area (Å²) in [6.07, 6.45) is 2.57. The van der Waals surface area contributed by atoms with E-state index in [0.29, 0.717) is 0 Å². The second kappa shape index (κ2) is 6.41. The van der Waals surface area contributed by atoms with Crippen molar-refractivity contribution in [2.45, 2.75) is 0 Å². The van der Waals surface area contributed by atoms with Crippen LogP contribution < -0.4 is 5.73 Å². The van der Waals surface area contributed by atoms with Crippen LogP contribution in [0.5, 0.6) is 0 Å². The van der Waals surface area contributed by atoms with Gasteiger partial charge in [0.05, 0.1) is 12.2 Å². The molecule has 0 saturated carbocycles. The summed E-state index contributed by atoms with van der Waals surface area (Å²) in [5, 5.41) is 0. The first-order chi connectivity index (χ1) is 10.3. The smallest absolute Gasteiger partial charge is 0.272 e. The molecule has 0 aromatic carbocycles. The van der Waals surface area contributed by atoms with Crippen molar-refractivity contribution < 1.29 is 18.0 Å². The van der Waals surface area contributed by atoms with E-state index in [1.807, 2.05) is 0 Å². The minimum Gasteiger partial charge on any atom is -0.369 e. The van der Waals surface area contributed by atoms with E-state index in [0.717, 1.165) is 6.26 Å². The van der Waals surface area contributed by atoms with Crippen LogP contribution in [0.15, 0.2) is 24.4 Å². The van der Waals surface area contributed by atoms with Crippen LogP contribution in [0.25, 0.3) is 0 Å². The van der Waals surface area contributed by atoms with E-state index in [1.165, 1.54) is 15.4 Å². The van der Waals surface area contributed by atoms with Gasteiger partial charge in [0.15, 0.2) is 0 Å². The van der Waals surface area contributed by atoms with Gasteiger partial charge < -0.3 is 10.6 Å². The van der Waals surface area contributed by atoms with Gasteiger partial charge >= 0.3 is 0 Å². The standard InChI is InChI=1S/C13H18N4O4S/c1-22(20,21)17-7-6-16(8-10(9-17)12(14)18)13(19)11-4-2-3-5-15-11/h2-5,10H,6-9H2,1H3,(H2,14,18)/t10-/m0/s1. The molecule has 0 aliphatic carbocycles. The number of carbonyl (C=O) groups is 2. The van der Waals surface area contributed by atoms with E-state index in [-0.39, 0.29) is 37.8 Å². The lowest BCUT2D eigenvalue weighted by molar-refractivity contribution is -0.122. The van der Waals surface area contributed by atoms with Gasteiger partial charge in [-0.05, 0) is 12.1 Å². The van der Waals surface area contributed by atoms with E-state index in [9.17, 15) is 18.0 Å². The van der Waals surface area contributed by atoms with Gasteiger partial charge in [0, 0.05) is 32.4 Å². The van der Waals surface area contributed by atoms with E-state index in [1.54, 1.807) is 18.2 Å². The summed E-state index contributed by atoms with van der Waals surface area (Å²) in [5.41, 5.74) is 5.58. The van der Waals surface area contributed by atoms with Crippen molar-refractivity contribution in [1.82, 2.24) is 14.2 Å². The number of hydrogen-bond acceptors (Lipinski definition) is 5. The third kappa shape index (κ3) is 3.80. The van der Waals surface area contributed by atoms with Crippen LogP contribution in [0.4, 0.5) is 0 Å². The molecule has 1 aliphatic heterocycles. The Morgan fingerprint density at radius 2 is 2.00 bits per heavy atom. The highest BCUT2D eigenvalue weighted by atomic mass is 32.2. The number of carbonyl (C=O) groups excluding carboxylic acids is 2. The van der Waals surface area contributed by atoms with Gasteiger partial charge in [0.2, 0.25) is 15.9 Å². The lowest BCUT2D eigenvalue weighted by Crippen LogP contribution is -2.41. The molecule has 1 fully saturated rings. The Balaban J connectivity index is 2.23. The van der Waals surface area contributed by atoms with Gasteiger partial charge in [0.25, 0.3) is 5.91 Å². The van der Waals surface area contributed by atoms with Crippen molar-refractivity contribution in [2.24, 2.45) is 11.7 Å². The molecule has 22 heavy (non-hydrogen) atoms. The number of aromatic nitrogens is 1. The van der Waals surface area contributed by atoms with Gasteiger partial charge in [-0.25, -0.2) is 8.42 Å². The fraction of sp³-hybridized carbons (Fsp3) is 0.462. The number of nitrogens with zero attached hydrogens (tertiary/aromatic N) is 3. The Morgan fingerprint density at radius 3 is 2.55 bits per heavy atom. The Morgan fingerprint density at radius 1 is 1.27 bits per heavy atom. The summed E-state index contributed by atoms with van der Waals surface area (Å²) < 4.78 is 24.6. The first-order valence-electron chi connectivity index (χ1n) is 6.74. The zero-order valence-corrected chi connectivity index (χ0v) is 13.0. The third-order valence-corrected chi connectivity index (χ3v) is 4.80. The van der Waals surface area contributed by atoms with E-state index in [4.69, 9.17) is 5.73 Å². The SMILES string of the molecule is CS(=O)(=O)N1CCN(C(=O)c2ccccn2)C[C@H](C(N)=O)C1. The Kier molecular flexibility index (Phi) is 4.77. The highest BCUT2D eigenvalue weighted by Gasteiger charge is 2.32. The maximum atomic E-state index is 12.4. The van der Waals surface area contributed by atoms with Crippen LogP contribution in [0.3, 0.4) is 0 Å². The Bertz CT molecular complexity index is 662. The Hall–Kier alpha value is -2.00. The highest BCUT2D eigenvalue weighted by Crippen LogP contribution is 2.14. The van der Waals surface area contributed by atoms with Crippen molar-refractivity contribution in [1.29, 1.82) is 0 Å². The lowest BCUT2D eigenvalue weighted by atomic mass is 10.1. The number of sulfonamides is 1. The molecular weight excluding hydrogens is 308 g/mol. The summed E-state index contributed by atoms with van der Waals surface area (Å²) in [6, 6.07) is 4.95. The average molecular weight is 326 g/mol. The maximum absolute atomic E-state index is 12.4. The molecule has 8 nitrogen and oxygen atoms in total. The third-order valence-electron chi connectivity index (χ3n) is 3.53. The molecule has 0 spiro atoms. The molecule has 2 rings (SSSR count). The number of amides is 2. The molecule has 0 bridgehead atoms. The second-order valence-corrected chi connectivity index (χ2v) is 7.17. The molecule has 1 aromatic heterocycles. The number of primary amides is 1. The van der Waals surface area contributed by atoms with Gasteiger partial charge in [-0.2, -0.15) is 4.31 Å². The molecule has 2 N–H and O–H groups in total. The van der Waals surface area contributed by atoms with Crippen molar-refractivity contribution >= 4 is 21.8 Å². The van der Waals surface area contributed by atoms with Gasteiger partial charge in [-0.3, -0.25) is 14.6 Å². The largest absolute Gasteiger partial charge is 0.369 e. The van der Waals surface area contributed by atoms with E-state index >= 15 is 0 Å². The predicted octanol–water partition coefficient (Wildman–Crippen LogP) is -1.10. The number of pyridine rings is 1. The molecule has 1 atom stereocenters. The van der Waals surface area contributed by atoms with Gasteiger partial charge in [0.1, 0.15) is 5.69 Å². The predicted molar refractivity (Wildman–Crippen MR) is 79.2 cm³/mol. The molecule has 2 amide bonds. The fourth-order valence-corrected chi connectivity index (χ4v) is 3.17. The number of rotatable bonds is 3. The van der Waals surface area contributed by atoms with Crippen LogP contribution >= 0.6 is 0 Å². The summed E-state index contributed by atoms with van der Waals surface area (Å²) in [4.78, 5) is 29.4. The molecule has 0 unspecified atom stereocenters. The zero-order chi connectivity index (χ0) is 16.3. The lowest BCUT2D eigenvalue weighted by Gasteiger charge is -2.22. The fourth-order valence-electron chi connectivity index (χ4n) is 2.30. The monoisotopic (exact) mass is 326 g/mol. The average Bonchev–Trinajstić information content (AvgIpc) is 2.70. The molecule has 0 radical (unpaired) electrons. The van der Waals surface area contributed by atoms with Crippen LogP contribution in [-0.4, -0.2) is 66.9 Å². The Labute approximate surface area is 129 Å². The minimum atomic E-state index is -3.46. The molecular formula is C13H18N4O4S. The topological polar surface area (TPSA) is 114 Å². The molecule has 120 valence electrons. The maximum Gasteiger partial charge on any atom is 0.272 e. The van der Waals surface area contributed by atoms with E-state index < -0.39 is 21.8 Å². The van der Waals surface area contributed by atoms with Crippen LogP contribution in [0, 0.1) is 5.92 Å². The molecule has 1 aromatic rings. The van der Waals surface area contributed by atoms with Crippen molar-refractivity contribution in [2.75, 3.05) is 32.4 Å². The summed E-state index contributed by atoms with van der Waals surface area (Å²) >= 11 is 0. The number of nitrogens with two attached hydrogens (primary N) is 1. The van der Waals surface area contributed by atoms with E-state index in [2.05, 4.69) is 4.98 Å². The molecule has 2 heterocycles. The summed E-state index contributed by atoms with van der Waals surface area (Å²) in [7, 11) is -3.46. The molecule has 9 heteroatoms. The highest BCUT2D eigenvalue weighted by molar-refractivity contribution is 7.88. The first-order valence-corrected chi connectivity index (χ1v) is 8.58. The molecule has 1 aliphatic rings. The van der Waals surface area contributed by atoms with Crippen LogP contribution in [0.1, 0.15) is 10.5 Å². The quantitative estimate of drug-likeness (QED) is 0.757. The second-order valence-electron chi connectivity index (χ2n) is 5.19.